The predicted octanol–water partition coefficient (Wildman–Crippen LogP) is 5.70. The zero-order valence-corrected chi connectivity index (χ0v) is 19.7. The first-order valence-corrected chi connectivity index (χ1v) is 12.6. The summed E-state index contributed by atoms with van der Waals surface area (Å²) in [5, 5.41) is 0. The van der Waals surface area contributed by atoms with E-state index in [9.17, 15) is 8.42 Å². The molecule has 1 unspecified atom stereocenters. The van der Waals surface area contributed by atoms with Crippen molar-refractivity contribution in [3.63, 3.8) is 0 Å². The second kappa shape index (κ2) is 10.9. The molecule has 0 amide bonds. The number of nitrogens with zero attached hydrogens (tertiary/aromatic N) is 1. The van der Waals surface area contributed by atoms with Gasteiger partial charge in [0.25, 0.3) is 0 Å². The van der Waals surface area contributed by atoms with Crippen molar-refractivity contribution in [2.75, 3.05) is 18.8 Å². The van der Waals surface area contributed by atoms with Crippen molar-refractivity contribution in [1.82, 2.24) is 4.90 Å². The highest BCUT2D eigenvalue weighted by Gasteiger charge is 2.35. The number of thioether (sulfide) groups is 1. The fourth-order valence-electron chi connectivity index (χ4n) is 3.85. The third kappa shape index (κ3) is 6.24. The van der Waals surface area contributed by atoms with Crippen molar-refractivity contribution >= 4 is 34.0 Å². The predicted molar refractivity (Wildman–Crippen MR) is 126 cm³/mol. The van der Waals surface area contributed by atoms with Gasteiger partial charge in [-0.3, -0.25) is 4.90 Å². The minimum absolute atomic E-state index is 0. The van der Waals surface area contributed by atoms with E-state index in [1.165, 1.54) is 17.7 Å². The van der Waals surface area contributed by atoms with Crippen LogP contribution in [0.2, 0.25) is 0 Å². The molecule has 1 saturated heterocycles. The molecule has 1 aliphatic rings. The molecule has 0 aliphatic carbocycles. The van der Waals surface area contributed by atoms with Gasteiger partial charge in [0.05, 0.1) is 9.64 Å². The summed E-state index contributed by atoms with van der Waals surface area (Å²) < 4.78 is 25.2. The zero-order chi connectivity index (χ0) is 20.0. The Kier molecular flexibility index (Phi) is 9.08. The number of hydrogen-bond donors (Lipinski definition) is 0. The highest BCUT2D eigenvalue weighted by Crippen LogP contribution is 2.31. The fourth-order valence-corrected chi connectivity index (χ4v) is 6.53. The molecule has 2 aromatic carbocycles. The van der Waals surface area contributed by atoms with Crippen LogP contribution in [0.15, 0.2) is 70.5 Å². The Bertz CT molecular complexity index is 842. The number of halogens is 1. The van der Waals surface area contributed by atoms with Gasteiger partial charge in [-0.05, 0) is 76.9 Å². The van der Waals surface area contributed by atoms with Gasteiger partial charge in [-0.2, -0.15) is 0 Å². The van der Waals surface area contributed by atoms with Crippen LogP contribution in [0.3, 0.4) is 0 Å². The lowest BCUT2D eigenvalue weighted by Gasteiger charge is -2.28. The number of hydrogen-bond acceptors (Lipinski definition) is 4. The number of rotatable bonds is 9. The van der Waals surface area contributed by atoms with Gasteiger partial charge in [-0.25, -0.2) is 8.42 Å². The van der Waals surface area contributed by atoms with Crippen molar-refractivity contribution in [2.24, 2.45) is 0 Å². The van der Waals surface area contributed by atoms with Crippen molar-refractivity contribution < 1.29 is 8.42 Å². The summed E-state index contributed by atoms with van der Waals surface area (Å²) in [6.07, 6.45) is 4.07. The first-order valence-electron chi connectivity index (χ1n) is 10.1. The van der Waals surface area contributed by atoms with E-state index in [0.717, 1.165) is 25.3 Å². The van der Waals surface area contributed by atoms with Crippen LogP contribution in [-0.2, 0) is 9.84 Å². The first kappa shape index (κ1) is 24.3. The minimum Gasteiger partial charge on any atom is -0.300 e. The maximum atomic E-state index is 13.0. The van der Waals surface area contributed by atoms with Gasteiger partial charge in [0.15, 0.2) is 9.84 Å². The third-order valence-corrected chi connectivity index (χ3v) is 9.40. The Labute approximate surface area is 186 Å². The molecule has 1 heterocycles. The molecule has 0 aromatic heterocycles. The molecule has 160 valence electrons. The van der Waals surface area contributed by atoms with Gasteiger partial charge in [-0.15, -0.1) is 24.2 Å². The van der Waals surface area contributed by atoms with Crippen LogP contribution in [0, 0.1) is 0 Å². The number of likely N-dealkylation sites (tertiary alicyclic amines) is 1. The van der Waals surface area contributed by atoms with E-state index in [2.05, 4.69) is 35.2 Å². The molecule has 1 fully saturated rings. The molecule has 1 atom stereocenters. The molecule has 3 nitrogen and oxygen atoms in total. The van der Waals surface area contributed by atoms with Gasteiger partial charge >= 0.3 is 0 Å². The third-order valence-electron chi connectivity index (χ3n) is 5.69. The molecule has 2 aromatic rings. The maximum absolute atomic E-state index is 13.0. The lowest BCUT2D eigenvalue weighted by Crippen LogP contribution is -2.35. The van der Waals surface area contributed by atoms with Gasteiger partial charge in [0.2, 0.25) is 0 Å². The average Bonchev–Trinajstić information content (AvgIpc) is 3.15. The topological polar surface area (TPSA) is 37.4 Å². The van der Waals surface area contributed by atoms with Crippen LogP contribution >= 0.6 is 24.2 Å². The summed E-state index contributed by atoms with van der Waals surface area (Å²) >= 11 is 1.92. The fraction of sp³-hybridized carbons (Fsp3) is 0.478. The molecule has 0 saturated carbocycles. The van der Waals surface area contributed by atoms with Gasteiger partial charge in [-0.1, -0.05) is 36.4 Å². The van der Waals surface area contributed by atoms with E-state index < -0.39 is 14.6 Å². The lowest BCUT2D eigenvalue weighted by molar-refractivity contribution is 0.263. The first-order chi connectivity index (χ1) is 13.4. The van der Waals surface area contributed by atoms with Gasteiger partial charge in [0, 0.05) is 16.7 Å². The summed E-state index contributed by atoms with van der Waals surface area (Å²) in [5.74, 6) is 1.11. The molecule has 3 rings (SSSR count). The molecule has 0 spiro atoms. The van der Waals surface area contributed by atoms with Crippen LogP contribution < -0.4 is 0 Å². The van der Waals surface area contributed by atoms with Crippen LogP contribution in [0.4, 0.5) is 0 Å². The number of sulfone groups is 1. The van der Waals surface area contributed by atoms with E-state index in [0.29, 0.717) is 17.4 Å². The molecule has 6 heteroatoms. The minimum atomic E-state index is -3.32. The van der Waals surface area contributed by atoms with Crippen LogP contribution in [0.1, 0.15) is 39.5 Å². The monoisotopic (exact) mass is 453 g/mol. The van der Waals surface area contributed by atoms with Crippen LogP contribution in [0.25, 0.3) is 0 Å². The SMILES string of the molecule is CC(C)(CCCN1CCCC1CSc1ccccc1)S(=O)(=O)c1ccccc1.Cl. The lowest BCUT2D eigenvalue weighted by atomic mass is 10.1. The Balaban J connectivity index is 0.00000300. The molecule has 29 heavy (non-hydrogen) atoms. The largest absolute Gasteiger partial charge is 0.300 e. The standard InChI is InChI=1S/C23H31NO2S2.ClH/c1-23(2,28(25,26)22-14-7-4-8-15-22)16-10-18-24-17-9-11-20(24)19-27-21-12-5-3-6-13-21;/h3-8,12-15,20H,9-11,16-19H2,1-2H3;1H. The normalized spacial score (nSPS) is 17.8. The van der Waals surface area contributed by atoms with E-state index in [4.69, 9.17) is 0 Å². The summed E-state index contributed by atoms with van der Waals surface area (Å²) in [4.78, 5) is 4.31. The second-order valence-electron chi connectivity index (χ2n) is 8.14. The zero-order valence-electron chi connectivity index (χ0n) is 17.3. The molecule has 0 N–H and O–H groups in total. The van der Waals surface area contributed by atoms with Gasteiger partial charge < -0.3 is 0 Å². The second-order valence-corrected chi connectivity index (χ2v) is 11.8. The van der Waals surface area contributed by atoms with Crippen LogP contribution in [0.5, 0.6) is 0 Å². The summed E-state index contributed by atoms with van der Waals surface area (Å²) in [5.41, 5.74) is 0. The molecule has 0 radical (unpaired) electrons. The molecular weight excluding hydrogens is 422 g/mol. The molecular formula is C23H32ClNO2S2. The Morgan fingerprint density at radius 3 is 2.31 bits per heavy atom. The van der Waals surface area contributed by atoms with Crippen molar-refractivity contribution in [1.29, 1.82) is 0 Å². The van der Waals surface area contributed by atoms with Crippen molar-refractivity contribution in [2.45, 2.75) is 60.1 Å². The van der Waals surface area contributed by atoms with Crippen LogP contribution in [-0.4, -0.2) is 42.9 Å². The Morgan fingerprint density at radius 1 is 1.03 bits per heavy atom. The quantitative estimate of drug-likeness (QED) is 0.456. The maximum Gasteiger partial charge on any atom is 0.183 e. The van der Waals surface area contributed by atoms with Crippen molar-refractivity contribution in [3.05, 3.63) is 60.7 Å². The molecule has 0 bridgehead atoms. The smallest absolute Gasteiger partial charge is 0.183 e. The van der Waals surface area contributed by atoms with E-state index in [1.807, 2.05) is 31.7 Å². The summed E-state index contributed by atoms with van der Waals surface area (Å²) in [6.45, 7) is 5.84. The molecule has 1 aliphatic heterocycles. The summed E-state index contributed by atoms with van der Waals surface area (Å²) in [7, 11) is -3.32. The number of benzene rings is 2. The van der Waals surface area contributed by atoms with Crippen molar-refractivity contribution in [3.8, 4) is 0 Å². The van der Waals surface area contributed by atoms with E-state index in [-0.39, 0.29) is 12.4 Å². The van der Waals surface area contributed by atoms with Gasteiger partial charge in [0.1, 0.15) is 0 Å². The van der Waals surface area contributed by atoms with E-state index in [1.54, 1.807) is 24.3 Å². The highest BCUT2D eigenvalue weighted by molar-refractivity contribution is 7.99. The van der Waals surface area contributed by atoms with E-state index >= 15 is 0 Å². The Morgan fingerprint density at radius 2 is 1.66 bits per heavy atom. The average molecular weight is 454 g/mol. The Hall–Kier alpha value is -1.01. The highest BCUT2D eigenvalue weighted by atomic mass is 35.5. The summed E-state index contributed by atoms with van der Waals surface area (Å²) in [6, 6.07) is 20.0.